The Bertz CT molecular complexity index is 723. The smallest absolute Gasteiger partial charge is 0.407 e. The molecule has 0 aliphatic carbocycles. The number of nitrogens with one attached hydrogen (secondary N) is 1. The van der Waals surface area contributed by atoms with E-state index in [9.17, 15) is 14.4 Å². The average molecular weight is 379 g/mol. The lowest BCUT2D eigenvalue weighted by Crippen LogP contribution is -2.57. The third kappa shape index (κ3) is 4.60. The molecule has 1 fully saturated rings. The van der Waals surface area contributed by atoms with Gasteiger partial charge < -0.3 is 29.7 Å². The minimum absolute atomic E-state index is 0.232. The van der Waals surface area contributed by atoms with Gasteiger partial charge >= 0.3 is 6.09 Å². The van der Waals surface area contributed by atoms with Crippen molar-refractivity contribution in [2.45, 2.75) is 26.0 Å². The SMILES string of the molecule is CNC(=O)c1ccc(O[C@@H](C)C(=O)N2CCN(C(=O)O)C[C@H]2C)c(OC)c1. The maximum atomic E-state index is 12.7. The first-order valence-electron chi connectivity index (χ1n) is 8.63. The number of hydrogen-bond donors (Lipinski definition) is 2. The third-order valence-corrected chi connectivity index (χ3v) is 4.49. The predicted octanol–water partition coefficient (Wildman–Crippen LogP) is 1.03. The van der Waals surface area contributed by atoms with Gasteiger partial charge in [-0.25, -0.2) is 4.79 Å². The summed E-state index contributed by atoms with van der Waals surface area (Å²) in [6, 6.07) is 4.46. The van der Waals surface area contributed by atoms with E-state index in [1.165, 1.54) is 19.1 Å². The van der Waals surface area contributed by atoms with E-state index < -0.39 is 12.2 Å². The Morgan fingerprint density at radius 2 is 1.96 bits per heavy atom. The minimum Gasteiger partial charge on any atom is -0.493 e. The van der Waals surface area contributed by atoms with Crippen LogP contribution in [0.4, 0.5) is 4.79 Å². The van der Waals surface area contributed by atoms with Gasteiger partial charge in [0.25, 0.3) is 11.8 Å². The van der Waals surface area contributed by atoms with Crippen molar-refractivity contribution in [2.24, 2.45) is 0 Å². The number of rotatable bonds is 5. The summed E-state index contributed by atoms with van der Waals surface area (Å²) >= 11 is 0. The topological polar surface area (TPSA) is 108 Å². The largest absolute Gasteiger partial charge is 0.493 e. The normalized spacial score (nSPS) is 17.9. The Balaban J connectivity index is 2.08. The number of methoxy groups -OCH3 is 1. The van der Waals surface area contributed by atoms with Gasteiger partial charge in [0.1, 0.15) is 0 Å². The summed E-state index contributed by atoms with van der Waals surface area (Å²) in [7, 11) is 2.99. The molecular formula is C18H25N3O6. The molecule has 2 N–H and O–H groups in total. The van der Waals surface area contributed by atoms with E-state index in [1.807, 2.05) is 0 Å². The van der Waals surface area contributed by atoms with Gasteiger partial charge in [0, 0.05) is 38.3 Å². The molecule has 0 saturated carbocycles. The quantitative estimate of drug-likeness (QED) is 0.791. The number of nitrogens with zero attached hydrogens (tertiary/aromatic N) is 2. The highest BCUT2D eigenvalue weighted by Crippen LogP contribution is 2.29. The Labute approximate surface area is 157 Å². The van der Waals surface area contributed by atoms with Gasteiger partial charge in [0.15, 0.2) is 17.6 Å². The minimum atomic E-state index is -0.987. The molecule has 1 heterocycles. The van der Waals surface area contributed by atoms with Gasteiger partial charge in [-0.2, -0.15) is 0 Å². The third-order valence-electron chi connectivity index (χ3n) is 4.49. The summed E-state index contributed by atoms with van der Waals surface area (Å²) in [6.45, 7) is 4.27. The lowest BCUT2D eigenvalue weighted by atomic mass is 10.1. The Morgan fingerprint density at radius 3 is 2.52 bits per heavy atom. The number of piperazine rings is 1. The highest BCUT2D eigenvalue weighted by molar-refractivity contribution is 5.94. The molecule has 0 unspecified atom stereocenters. The summed E-state index contributed by atoms with van der Waals surface area (Å²) in [6.07, 6.45) is -1.78. The fraction of sp³-hybridized carbons (Fsp3) is 0.500. The number of amides is 3. The highest BCUT2D eigenvalue weighted by Gasteiger charge is 2.32. The van der Waals surface area contributed by atoms with Crippen LogP contribution in [0, 0.1) is 0 Å². The maximum absolute atomic E-state index is 12.7. The van der Waals surface area contributed by atoms with Crippen LogP contribution in [0.2, 0.25) is 0 Å². The van der Waals surface area contributed by atoms with Gasteiger partial charge in [-0.1, -0.05) is 0 Å². The molecule has 1 aromatic carbocycles. The second kappa shape index (κ2) is 8.61. The van der Waals surface area contributed by atoms with Crippen LogP contribution >= 0.6 is 0 Å². The van der Waals surface area contributed by atoms with Gasteiger partial charge in [-0.05, 0) is 32.0 Å². The molecule has 0 spiro atoms. The molecule has 9 nitrogen and oxygen atoms in total. The van der Waals surface area contributed by atoms with Gasteiger partial charge in [0.2, 0.25) is 0 Å². The van der Waals surface area contributed by atoms with E-state index in [4.69, 9.17) is 14.6 Å². The monoisotopic (exact) mass is 379 g/mol. The van der Waals surface area contributed by atoms with Crippen molar-refractivity contribution in [3.63, 3.8) is 0 Å². The maximum Gasteiger partial charge on any atom is 0.407 e. The van der Waals surface area contributed by atoms with Crippen LogP contribution in [0.25, 0.3) is 0 Å². The second-order valence-corrected chi connectivity index (χ2v) is 6.31. The first kappa shape index (κ1) is 20.3. The van der Waals surface area contributed by atoms with Crippen molar-refractivity contribution < 1.29 is 29.0 Å². The van der Waals surface area contributed by atoms with E-state index in [-0.39, 0.29) is 30.9 Å². The summed E-state index contributed by atoms with van der Waals surface area (Å²) in [5.41, 5.74) is 0.416. The number of ether oxygens (including phenoxy) is 2. The van der Waals surface area contributed by atoms with E-state index in [0.717, 1.165) is 0 Å². The number of hydrogen-bond acceptors (Lipinski definition) is 5. The number of carboxylic acid groups (broad SMARTS) is 1. The molecule has 27 heavy (non-hydrogen) atoms. The molecule has 1 aliphatic heterocycles. The van der Waals surface area contributed by atoms with Crippen LogP contribution in [0.5, 0.6) is 11.5 Å². The molecule has 0 radical (unpaired) electrons. The molecule has 0 bridgehead atoms. The molecule has 148 valence electrons. The van der Waals surface area contributed by atoms with Crippen LogP contribution < -0.4 is 14.8 Å². The first-order chi connectivity index (χ1) is 12.8. The van der Waals surface area contributed by atoms with E-state index in [2.05, 4.69) is 5.32 Å². The van der Waals surface area contributed by atoms with E-state index in [1.54, 1.807) is 36.9 Å². The summed E-state index contributed by atoms with van der Waals surface area (Å²) in [4.78, 5) is 38.5. The van der Waals surface area contributed by atoms with Crippen molar-refractivity contribution in [1.29, 1.82) is 0 Å². The van der Waals surface area contributed by atoms with Crippen LogP contribution in [-0.2, 0) is 4.79 Å². The van der Waals surface area contributed by atoms with E-state index >= 15 is 0 Å². The molecule has 2 atom stereocenters. The molecule has 0 aromatic heterocycles. The Kier molecular flexibility index (Phi) is 6.49. The second-order valence-electron chi connectivity index (χ2n) is 6.31. The lowest BCUT2D eigenvalue weighted by Gasteiger charge is -2.39. The predicted molar refractivity (Wildman–Crippen MR) is 97.2 cm³/mol. The molecule has 1 saturated heterocycles. The molecule has 2 rings (SSSR count). The van der Waals surface area contributed by atoms with Gasteiger partial charge in [-0.3, -0.25) is 9.59 Å². The summed E-state index contributed by atoms with van der Waals surface area (Å²) in [5, 5.41) is 11.6. The van der Waals surface area contributed by atoms with Gasteiger partial charge in [0.05, 0.1) is 7.11 Å². The first-order valence-corrected chi connectivity index (χ1v) is 8.63. The zero-order chi connectivity index (χ0) is 20.1. The molecule has 1 aliphatic rings. The number of carbonyl (C=O) groups excluding carboxylic acids is 2. The van der Waals surface area contributed by atoms with E-state index in [0.29, 0.717) is 23.6 Å². The van der Waals surface area contributed by atoms with Crippen LogP contribution in [-0.4, -0.2) is 78.8 Å². The van der Waals surface area contributed by atoms with Crippen LogP contribution in [0.15, 0.2) is 18.2 Å². The molecule has 3 amide bonds. The molecule has 1 aromatic rings. The van der Waals surface area contributed by atoms with Crippen LogP contribution in [0.3, 0.4) is 0 Å². The standard InChI is InChI=1S/C18H25N3O6/c1-11-10-20(18(24)25)7-8-21(11)17(23)12(2)27-14-6-5-13(16(22)19-3)9-15(14)26-4/h5-6,9,11-12H,7-8,10H2,1-4H3,(H,19,22)(H,24,25)/t11-,12+/m1/s1. The Morgan fingerprint density at radius 1 is 1.26 bits per heavy atom. The molecular weight excluding hydrogens is 354 g/mol. The highest BCUT2D eigenvalue weighted by atomic mass is 16.5. The zero-order valence-electron chi connectivity index (χ0n) is 15.9. The Hall–Kier alpha value is -2.97. The average Bonchev–Trinajstić information content (AvgIpc) is 2.66. The summed E-state index contributed by atoms with van der Waals surface area (Å²) < 4.78 is 11.0. The zero-order valence-corrected chi connectivity index (χ0v) is 15.9. The fourth-order valence-corrected chi connectivity index (χ4v) is 2.98. The van der Waals surface area contributed by atoms with Crippen molar-refractivity contribution >= 4 is 17.9 Å². The number of benzene rings is 1. The van der Waals surface area contributed by atoms with Crippen molar-refractivity contribution in [2.75, 3.05) is 33.8 Å². The van der Waals surface area contributed by atoms with Crippen molar-refractivity contribution in [1.82, 2.24) is 15.1 Å². The summed E-state index contributed by atoms with van der Waals surface area (Å²) in [5.74, 6) is 0.210. The van der Waals surface area contributed by atoms with Crippen molar-refractivity contribution in [3.8, 4) is 11.5 Å². The fourth-order valence-electron chi connectivity index (χ4n) is 2.98. The lowest BCUT2D eigenvalue weighted by molar-refractivity contribution is -0.142. The van der Waals surface area contributed by atoms with Gasteiger partial charge in [-0.15, -0.1) is 0 Å². The molecule has 9 heteroatoms. The van der Waals surface area contributed by atoms with Crippen molar-refractivity contribution in [3.05, 3.63) is 23.8 Å². The van der Waals surface area contributed by atoms with Crippen LogP contribution in [0.1, 0.15) is 24.2 Å². The number of carbonyl (C=O) groups is 3.